The molecule has 1 aromatic rings. The second-order valence-electron chi connectivity index (χ2n) is 5.81. The van der Waals surface area contributed by atoms with Crippen LogP contribution in [0.2, 0.25) is 0 Å². The van der Waals surface area contributed by atoms with Crippen molar-refractivity contribution >= 4 is 27.3 Å². The smallest absolute Gasteiger partial charge is 0.338 e. The molecule has 0 saturated carbocycles. The molecule has 3 N–H and O–H groups in total. The minimum Gasteiger partial charge on any atom is -0.478 e. The van der Waals surface area contributed by atoms with Gasteiger partial charge in [-0.15, -0.1) is 11.3 Å². The second-order valence-corrected chi connectivity index (χ2v) is 8.87. The second kappa shape index (κ2) is 6.86. The monoisotopic (exact) mass is 360 g/mol. The highest BCUT2D eigenvalue weighted by Crippen LogP contribution is 2.34. The van der Waals surface area contributed by atoms with E-state index in [-0.39, 0.29) is 15.7 Å². The maximum absolute atomic E-state index is 12.6. The van der Waals surface area contributed by atoms with Gasteiger partial charge in [0.1, 0.15) is 4.21 Å². The molecule has 0 aliphatic carbocycles. The molecule has 7 nitrogen and oxygen atoms in total. The average molecular weight is 360 g/mol. The molecule has 0 spiro atoms. The number of carbonyl (C=O) groups is 1. The van der Waals surface area contributed by atoms with Gasteiger partial charge in [-0.05, 0) is 37.3 Å². The summed E-state index contributed by atoms with van der Waals surface area (Å²) >= 11 is 1.07. The van der Waals surface area contributed by atoms with E-state index in [9.17, 15) is 18.3 Å². The van der Waals surface area contributed by atoms with Crippen molar-refractivity contribution in [3.63, 3.8) is 0 Å². The lowest BCUT2D eigenvalue weighted by Crippen LogP contribution is -2.32. The van der Waals surface area contributed by atoms with Crippen LogP contribution in [0.3, 0.4) is 0 Å². The van der Waals surface area contributed by atoms with Crippen molar-refractivity contribution in [3.05, 3.63) is 16.0 Å². The summed E-state index contributed by atoms with van der Waals surface area (Å²) in [6, 6.07) is 0. The van der Waals surface area contributed by atoms with E-state index in [2.05, 4.69) is 10.0 Å². The topological polar surface area (TPSA) is 105 Å². The van der Waals surface area contributed by atoms with Crippen LogP contribution < -0.4 is 10.0 Å². The SMILES string of the molecule is O=C(O)c1c(S(=O)(=O)NCC2CCOCC2)sc2c1CCNC2. The number of carboxylic acid groups (broad SMARTS) is 1. The Morgan fingerprint density at radius 2 is 2.13 bits per heavy atom. The van der Waals surface area contributed by atoms with Crippen LogP contribution in [-0.4, -0.2) is 45.8 Å². The van der Waals surface area contributed by atoms with Crippen molar-refractivity contribution in [1.82, 2.24) is 10.0 Å². The van der Waals surface area contributed by atoms with E-state index in [1.165, 1.54) is 0 Å². The number of fused-ring (bicyclic) bond motifs is 1. The van der Waals surface area contributed by atoms with E-state index in [0.717, 1.165) is 29.1 Å². The number of sulfonamides is 1. The third-order valence-electron chi connectivity index (χ3n) is 4.26. The highest BCUT2D eigenvalue weighted by molar-refractivity contribution is 7.91. The van der Waals surface area contributed by atoms with Crippen LogP contribution in [0.4, 0.5) is 0 Å². The molecule has 0 bridgehead atoms. The van der Waals surface area contributed by atoms with Gasteiger partial charge >= 0.3 is 5.97 Å². The third kappa shape index (κ3) is 3.58. The number of rotatable bonds is 5. The number of aromatic carboxylic acids is 1. The van der Waals surface area contributed by atoms with E-state index in [4.69, 9.17) is 4.74 Å². The zero-order valence-corrected chi connectivity index (χ0v) is 14.3. The van der Waals surface area contributed by atoms with E-state index < -0.39 is 16.0 Å². The lowest BCUT2D eigenvalue weighted by molar-refractivity contribution is 0.0678. The number of hydrogen-bond acceptors (Lipinski definition) is 6. The first-order chi connectivity index (χ1) is 11.0. The van der Waals surface area contributed by atoms with E-state index >= 15 is 0 Å². The molecule has 0 atom stereocenters. The van der Waals surface area contributed by atoms with E-state index in [1.54, 1.807) is 0 Å². The minimum absolute atomic E-state index is 0.0500. The van der Waals surface area contributed by atoms with Crippen molar-refractivity contribution in [2.75, 3.05) is 26.3 Å². The zero-order chi connectivity index (χ0) is 16.4. The zero-order valence-electron chi connectivity index (χ0n) is 12.6. The van der Waals surface area contributed by atoms with Crippen LogP contribution in [0.25, 0.3) is 0 Å². The van der Waals surface area contributed by atoms with Gasteiger partial charge in [-0.3, -0.25) is 0 Å². The molecule has 0 unspecified atom stereocenters. The Hall–Kier alpha value is -1.00. The summed E-state index contributed by atoms with van der Waals surface area (Å²) in [5, 5.41) is 12.6. The molecule has 1 fully saturated rings. The standard InChI is InChI=1S/C14H20N2O5S2/c17-13(18)12-10-1-4-15-8-11(10)22-14(12)23(19,20)16-7-9-2-5-21-6-3-9/h9,15-16H,1-8H2,(H,17,18). The Balaban J connectivity index is 1.84. The number of nitrogens with one attached hydrogen (secondary N) is 2. The normalized spacial score (nSPS) is 19.5. The predicted molar refractivity (Wildman–Crippen MR) is 85.4 cm³/mol. The van der Waals surface area contributed by atoms with Gasteiger partial charge in [0, 0.05) is 31.2 Å². The number of thiophene rings is 1. The van der Waals surface area contributed by atoms with E-state index in [0.29, 0.717) is 44.8 Å². The van der Waals surface area contributed by atoms with Gasteiger partial charge in [0.05, 0.1) is 5.56 Å². The van der Waals surface area contributed by atoms with Crippen LogP contribution in [0, 0.1) is 5.92 Å². The van der Waals surface area contributed by atoms with Crippen molar-refractivity contribution < 1.29 is 23.1 Å². The summed E-state index contributed by atoms with van der Waals surface area (Å²) in [7, 11) is -3.81. The fraction of sp³-hybridized carbons (Fsp3) is 0.643. The number of hydrogen-bond donors (Lipinski definition) is 3. The first-order valence-electron chi connectivity index (χ1n) is 7.65. The maximum Gasteiger partial charge on any atom is 0.338 e. The van der Waals surface area contributed by atoms with Gasteiger partial charge < -0.3 is 15.2 Å². The third-order valence-corrected chi connectivity index (χ3v) is 7.43. The van der Waals surface area contributed by atoms with Crippen LogP contribution >= 0.6 is 11.3 Å². The Kier molecular flexibility index (Phi) is 5.02. The summed E-state index contributed by atoms with van der Waals surface area (Å²) in [6.07, 6.45) is 2.18. The molecule has 23 heavy (non-hydrogen) atoms. The molecular formula is C14H20N2O5S2. The Labute approximate surface area is 139 Å². The van der Waals surface area contributed by atoms with Crippen LogP contribution in [0.5, 0.6) is 0 Å². The maximum atomic E-state index is 12.6. The molecule has 3 heterocycles. The van der Waals surface area contributed by atoms with Crippen LogP contribution in [-0.2, 0) is 27.7 Å². The van der Waals surface area contributed by atoms with E-state index in [1.807, 2.05) is 0 Å². The molecule has 1 saturated heterocycles. The van der Waals surface area contributed by atoms with Crippen molar-refractivity contribution in [3.8, 4) is 0 Å². The first kappa shape index (κ1) is 16.8. The molecule has 0 aromatic carbocycles. The molecule has 0 radical (unpaired) electrons. The summed E-state index contributed by atoms with van der Waals surface area (Å²) in [5.74, 6) is -0.932. The summed E-state index contributed by atoms with van der Waals surface area (Å²) in [5.41, 5.74) is 0.610. The van der Waals surface area contributed by atoms with Crippen LogP contribution in [0.1, 0.15) is 33.6 Å². The molecule has 2 aliphatic rings. The minimum atomic E-state index is -3.81. The quantitative estimate of drug-likeness (QED) is 0.717. The molecule has 9 heteroatoms. The fourth-order valence-electron chi connectivity index (χ4n) is 2.96. The van der Waals surface area contributed by atoms with Crippen molar-refractivity contribution in [1.29, 1.82) is 0 Å². The van der Waals surface area contributed by atoms with Gasteiger partial charge in [0.15, 0.2) is 0 Å². The molecule has 128 valence electrons. The molecular weight excluding hydrogens is 340 g/mol. The summed E-state index contributed by atoms with van der Waals surface area (Å²) < 4.78 is 33.0. The largest absolute Gasteiger partial charge is 0.478 e. The van der Waals surface area contributed by atoms with Crippen LogP contribution in [0.15, 0.2) is 4.21 Å². The van der Waals surface area contributed by atoms with Crippen molar-refractivity contribution in [2.24, 2.45) is 5.92 Å². The Morgan fingerprint density at radius 1 is 1.39 bits per heavy atom. The van der Waals surface area contributed by atoms with Gasteiger partial charge in [0.25, 0.3) is 10.0 Å². The molecule has 2 aliphatic heterocycles. The molecule has 3 rings (SSSR count). The highest BCUT2D eigenvalue weighted by atomic mass is 32.2. The lowest BCUT2D eigenvalue weighted by Gasteiger charge is -2.22. The number of ether oxygens (including phenoxy) is 1. The van der Waals surface area contributed by atoms with Gasteiger partial charge in [0.2, 0.25) is 0 Å². The Bertz CT molecular complexity index is 692. The average Bonchev–Trinajstić information content (AvgIpc) is 2.95. The predicted octanol–water partition coefficient (Wildman–Crippen LogP) is 0.797. The first-order valence-corrected chi connectivity index (χ1v) is 9.95. The highest BCUT2D eigenvalue weighted by Gasteiger charge is 2.32. The van der Waals surface area contributed by atoms with Gasteiger partial charge in [-0.25, -0.2) is 17.9 Å². The summed E-state index contributed by atoms with van der Waals surface area (Å²) in [4.78, 5) is 12.4. The number of carboxylic acids is 1. The Morgan fingerprint density at radius 3 is 2.83 bits per heavy atom. The lowest BCUT2D eigenvalue weighted by atomic mass is 10.0. The summed E-state index contributed by atoms with van der Waals surface area (Å²) in [6.45, 7) is 2.80. The van der Waals surface area contributed by atoms with Gasteiger partial charge in [-0.2, -0.15) is 0 Å². The molecule has 1 aromatic heterocycles. The van der Waals surface area contributed by atoms with Gasteiger partial charge in [-0.1, -0.05) is 0 Å². The fourth-order valence-corrected chi connectivity index (χ4v) is 5.98. The van der Waals surface area contributed by atoms with Crippen molar-refractivity contribution in [2.45, 2.75) is 30.0 Å². The molecule has 0 amide bonds.